The van der Waals surface area contributed by atoms with Crippen molar-refractivity contribution in [3.05, 3.63) is 0 Å². The predicted molar refractivity (Wildman–Crippen MR) is 88.7 cm³/mol. The van der Waals surface area contributed by atoms with E-state index in [0.717, 1.165) is 51.5 Å². The first-order valence-corrected chi connectivity index (χ1v) is 8.99. The first-order valence-electron chi connectivity index (χ1n) is 8.99. The molecule has 2 aliphatic rings. The van der Waals surface area contributed by atoms with E-state index < -0.39 is 0 Å². The Hall–Kier alpha value is -0.650. The molecule has 0 aromatic rings. The highest BCUT2D eigenvalue weighted by Crippen LogP contribution is 2.18. The van der Waals surface area contributed by atoms with Crippen LogP contribution in [0.1, 0.15) is 39.5 Å². The van der Waals surface area contributed by atoms with Gasteiger partial charge in [0.1, 0.15) is 0 Å². The second kappa shape index (κ2) is 8.85. The lowest BCUT2D eigenvalue weighted by Gasteiger charge is -2.35. The molecule has 5 nitrogen and oxygen atoms in total. The molecule has 2 N–H and O–H groups in total. The Morgan fingerprint density at radius 3 is 2.55 bits per heavy atom. The van der Waals surface area contributed by atoms with Gasteiger partial charge < -0.3 is 15.3 Å². The molecule has 0 aromatic carbocycles. The molecular weight excluding hydrogens is 278 g/mol. The Bertz CT molecular complexity index is 343. The topological polar surface area (TPSA) is 55.8 Å². The van der Waals surface area contributed by atoms with Gasteiger partial charge in [0.25, 0.3) is 0 Å². The average molecular weight is 311 g/mol. The fourth-order valence-electron chi connectivity index (χ4n) is 3.65. The number of piperidine rings is 2. The average Bonchev–Trinajstić information content (AvgIpc) is 2.50. The summed E-state index contributed by atoms with van der Waals surface area (Å²) in [7, 11) is 0. The Kier molecular flexibility index (Phi) is 7.12. The van der Waals surface area contributed by atoms with E-state index in [1.54, 1.807) is 0 Å². The van der Waals surface area contributed by atoms with Gasteiger partial charge in [-0.3, -0.25) is 9.69 Å². The monoisotopic (exact) mass is 311 g/mol. The molecule has 5 heteroatoms. The maximum Gasteiger partial charge on any atom is 0.224 e. The fourth-order valence-corrected chi connectivity index (χ4v) is 3.65. The van der Waals surface area contributed by atoms with Crippen molar-refractivity contribution in [2.75, 3.05) is 45.8 Å². The zero-order valence-electron chi connectivity index (χ0n) is 14.3. The van der Waals surface area contributed by atoms with Crippen molar-refractivity contribution in [1.82, 2.24) is 15.1 Å². The van der Waals surface area contributed by atoms with Crippen LogP contribution in [0.5, 0.6) is 0 Å². The molecular formula is C17H33N3O2. The molecule has 0 radical (unpaired) electrons. The third-order valence-electron chi connectivity index (χ3n) is 5.04. The molecule has 2 fully saturated rings. The molecule has 2 aliphatic heterocycles. The number of nitrogens with one attached hydrogen (secondary N) is 1. The maximum absolute atomic E-state index is 12.0. The van der Waals surface area contributed by atoms with Crippen molar-refractivity contribution in [2.45, 2.75) is 45.6 Å². The van der Waals surface area contributed by atoms with Gasteiger partial charge in [0.15, 0.2) is 0 Å². The van der Waals surface area contributed by atoms with Gasteiger partial charge in [-0.1, -0.05) is 6.92 Å². The molecule has 128 valence electrons. The van der Waals surface area contributed by atoms with Crippen molar-refractivity contribution in [1.29, 1.82) is 0 Å². The van der Waals surface area contributed by atoms with E-state index in [-0.39, 0.29) is 17.9 Å². The number of aliphatic hydroxyl groups excluding tert-OH is 1. The Morgan fingerprint density at radius 1 is 1.18 bits per heavy atom. The lowest BCUT2D eigenvalue weighted by molar-refractivity contribution is -0.126. The summed E-state index contributed by atoms with van der Waals surface area (Å²) in [5.74, 6) is 1.09. The second-order valence-corrected chi connectivity index (χ2v) is 7.13. The molecule has 0 spiro atoms. The van der Waals surface area contributed by atoms with Crippen LogP contribution in [-0.2, 0) is 4.79 Å². The van der Waals surface area contributed by atoms with Crippen molar-refractivity contribution in [3.8, 4) is 0 Å². The number of hydrogen-bond acceptors (Lipinski definition) is 4. The molecule has 2 rings (SSSR count). The minimum Gasteiger partial charge on any atom is -0.390 e. The Balaban J connectivity index is 1.71. The van der Waals surface area contributed by atoms with E-state index in [1.807, 2.05) is 6.92 Å². The Labute approximate surface area is 135 Å². The lowest BCUT2D eigenvalue weighted by Crippen LogP contribution is -2.48. The summed E-state index contributed by atoms with van der Waals surface area (Å²) in [6, 6.07) is 0. The Morgan fingerprint density at radius 2 is 1.86 bits per heavy atom. The van der Waals surface area contributed by atoms with Crippen LogP contribution in [-0.4, -0.2) is 72.7 Å². The molecule has 0 saturated carbocycles. The van der Waals surface area contributed by atoms with Gasteiger partial charge in [-0.25, -0.2) is 0 Å². The standard InChI is InChI=1S/C17H33N3O2/c1-3-18-17(22)15-5-4-8-20(11-15)13-16(21)12-19-9-6-14(2)7-10-19/h14-16,21H,3-13H2,1-2H3,(H,18,22). The number of β-amino-alcohol motifs (C(OH)–C–C–N with tert-alkyl or cyclic N) is 1. The van der Waals surface area contributed by atoms with Gasteiger partial charge in [0.05, 0.1) is 12.0 Å². The largest absolute Gasteiger partial charge is 0.390 e. The third-order valence-corrected chi connectivity index (χ3v) is 5.04. The second-order valence-electron chi connectivity index (χ2n) is 7.13. The summed E-state index contributed by atoms with van der Waals surface area (Å²) in [6.45, 7) is 10.5. The van der Waals surface area contributed by atoms with Gasteiger partial charge >= 0.3 is 0 Å². The molecule has 1 amide bonds. The number of amides is 1. The summed E-state index contributed by atoms with van der Waals surface area (Å²) in [5, 5.41) is 13.3. The SMILES string of the molecule is CCNC(=O)C1CCCN(CC(O)CN2CCC(C)CC2)C1. The first-order chi connectivity index (χ1) is 10.6. The number of aliphatic hydroxyl groups is 1. The zero-order valence-corrected chi connectivity index (χ0v) is 14.3. The van der Waals surface area contributed by atoms with Crippen LogP contribution in [0.4, 0.5) is 0 Å². The van der Waals surface area contributed by atoms with Crippen LogP contribution in [0.25, 0.3) is 0 Å². The number of rotatable bonds is 6. The molecule has 2 unspecified atom stereocenters. The van der Waals surface area contributed by atoms with E-state index in [4.69, 9.17) is 0 Å². The van der Waals surface area contributed by atoms with Gasteiger partial charge in [0.2, 0.25) is 5.91 Å². The van der Waals surface area contributed by atoms with Gasteiger partial charge in [-0.2, -0.15) is 0 Å². The summed E-state index contributed by atoms with van der Waals surface area (Å²) in [5.41, 5.74) is 0. The van der Waals surface area contributed by atoms with Crippen LogP contribution in [0.2, 0.25) is 0 Å². The molecule has 2 heterocycles. The van der Waals surface area contributed by atoms with E-state index in [9.17, 15) is 9.90 Å². The van der Waals surface area contributed by atoms with Crippen molar-refractivity contribution in [2.24, 2.45) is 11.8 Å². The number of hydrogen-bond donors (Lipinski definition) is 2. The van der Waals surface area contributed by atoms with Crippen molar-refractivity contribution >= 4 is 5.91 Å². The highest BCUT2D eigenvalue weighted by molar-refractivity contribution is 5.78. The third kappa shape index (κ3) is 5.52. The van der Waals surface area contributed by atoms with Crippen molar-refractivity contribution < 1.29 is 9.90 Å². The normalized spacial score (nSPS) is 26.8. The summed E-state index contributed by atoms with van der Waals surface area (Å²) < 4.78 is 0. The van der Waals surface area contributed by atoms with E-state index >= 15 is 0 Å². The van der Waals surface area contributed by atoms with Gasteiger partial charge in [-0.15, -0.1) is 0 Å². The van der Waals surface area contributed by atoms with Gasteiger partial charge in [0, 0.05) is 26.2 Å². The highest BCUT2D eigenvalue weighted by atomic mass is 16.3. The van der Waals surface area contributed by atoms with E-state index in [0.29, 0.717) is 13.1 Å². The summed E-state index contributed by atoms with van der Waals surface area (Å²) in [4.78, 5) is 16.6. The summed E-state index contributed by atoms with van der Waals surface area (Å²) >= 11 is 0. The van der Waals surface area contributed by atoms with E-state index in [2.05, 4.69) is 22.0 Å². The molecule has 22 heavy (non-hydrogen) atoms. The van der Waals surface area contributed by atoms with Crippen LogP contribution in [0.3, 0.4) is 0 Å². The highest BCUT2D eigenvalue weighted by Gasteiger charge is 2.27. The first kappa shape index (κ1) is 17.7. The zero-order chi connectivity index (χ0) is 15.9. The molecule has 2 saturated heterocycles. The number of carbonyl (C=O) groups excluding carboxylic acids is 1. The quantitative estimate of drug-likeness (QED) is 0.766. The summed E-state index contributed by atoms with van der Waals surface area (Å²) in [6.07, 6.45) is 4.21. The number of likely N-dealkylation sites (tertiary alicyclic amines) is 2. The van der Waals surface area contributed by atoms with E-state index in [1.165, 1.54) is 12.8 Å². The lowest BCUT2D eigenvalue weighted by atomic mass is 9.96. The molecule has 0 bridgehead atoms. The number of nitrogens with zero attached hydrogens (tertiary/aromatic N) is 2. The predicted octanol–water partition coefficient (Wildman–Crippen LogP) is 0.927. The molecule has 0 aromatic heterocycles. The van der Waals surface area contributed by atoms with Crippen molar-refractivity contribution in [3.63, 3.8) is 0 Å². The smallest absolute Gasteiger partial charge is 0.224 e. The van der Waals surface area contributed by atoms with Crippen LogP contribution >= 0.6 is 0 Å². The minimum absolute atomic E-state index is 0.0942. The molecule has 2 atom stereocenters. The minimum atomic E-state index is -0.304. The fraction of sp³-hybridized carbons (Fsp3) is 0.941. The molecule has 0 aliphatic carbocycles. The van der Waals surface area contributed by atoms with Crippen LogP contribution in [0.15, 0.2) is 0 Å². The van der Waals surface area contributed by atoms with Crippen LogP contribution < -0.4 is 5.32 Å². The van der Waals surface area contributed by atoms with Gasteiger partial charge in [-0.05, 0) is 58.2 Å². The number of carbonyl (C=O) groups is 1. The van der Waals surface area contributed by atoms with Crippen LogP contribution in [0, 0.1) is 11.8 Å². The maximum atomic E-state index is 12.0.